The van der Waals surface area contributed by atoms with Crippen LogP contribution in [0.5, 0.6) is 5.75 Å². The average Bonchev–Trinajstić information content (AvgIpc) is 3.40. The number of nitrogens with zero attached hydrogens (tertiary/aromatic N) is 5. The zero-order valence-corrected chi connectivity index (χ0v) is 18.6. The van der Waals surface area contributed by atoms with E-state index < -0.39 is 27.4 Å². The zero-order chi connectivity index (χ0) is 23.5. The molecule has 13 heteroatoms. The van der Waals surface area contributed by atoms with E-state index in [1.165, 1.54) is 19.2 Å². The molecule has 5 heterocycles. The maximum Gasteiger partial charge on any atom is 0.387 e. The van der Waals surface area contributed by atoms with E-state index >= 15 is 0 Å². The van der Waals surface area contributed by atoms with Crippen molar-refractivity contribution in [1.29, 1.82) is 0 Å². The fraction of sp³-hybridized carbons (Fsp3) is 0.550. The van der Waals surface area contributed by atoms with Gasteiger partial charge in [0.15, 0.2) is 21.4 Å². The van der Waals surface area contributed by atoms with Crippen molar-refractivity contribution in [3.63, 3.8) is 0 Å². The smallest absolute Gasteiger partial charge is 0.387 e. The van der Waals surface area contributed by atoms with Crippen LogP contribution in [0.1, 0.15) is 19.8 Å². The standard InChI is InChI=1S/C20H23F3N6O3S/c1-20(23)2-3-28(10-20)19-26-14(11-4-15(32-18(21)22)17(24)25-7-11)6-16(27-19)29-8-13-5-12(29)9-33(13,30)31/h4,6-7,12-13,18H,2-3,5,8-10H2,1H3,(H2,24,25)/t12-,13-,20?/m0/s1. The summed E-state index contributed by atoms with van der Waals surface area (Å²) in [5.41, 5.74) is 4.99. The quantitative estimate of drug-likeness (QED) is 0.681. The van der Waals surface area contributed by atoms with Crippen LogP contribution in [0.3, 0.4) is 0 Å². The van der Waals surface area contributed by atoms with Gasteiger partial charge in [0, 0.05) is 43.4 Å². The van der Waals surface area contributed by atoms with Crippen LogP contribution in [0.15, 0.2) is 18.3 Å². The molecular weight excluding hydrogens is 461 g/mol. The normalized spacial score (nSPS) is 28.2. The van der Waals surface area contributed by atoms with Crippen LogP contribution in [0.4, 0.5) is 30.8 Å². The average molecular weight is 485 g/mol. The van der Waals surface area contributed by atoms with Crippen LogP contribution < -0.4 is 20.3 Å². The number of hydrogen-bond acceptors (Lipinski definition) is 9. The largest absolute Gasteiger partial charge is 0.431 e. The Morgan fingerprint density at radius 3 is 2.70 bits per heavy atom. The highest BCUT2D eigenvalue weighted by Crippen LogP contribution is 2.38. The van der Waals surface area contributed by atoms with Crippen molar-refractivity contribution in [2.45, 2.75) is 43.3 Å². The van der Waals surface area contributed by atoms with Crippen LogP contribution in [0, 0.1) is 0 Å². The van der Waals surface area contributed by atoms with E-state index in [-0.39, 0.29) is 35.9 Å². The molecule has 5 rings (SSSR count). The number of aromatic nitrogens is 3. The lowest BCUT2D eigenvalue weighted by molar-refractivity contribution is -0.0494. The molecule has 2 bridgehead atoms. The third-order valence-corrected chi connectivity index (χ3v) is 8.61. The fourth-order valence-electron chi connectivity index (χ4n) is 4.72. The van der Waals surface area contributed by atoms with Gasteiger partial charge in [-0.15, -0.1) is 0 Å². The summed E-state index contributed by atoms with van der Waals surface area (Å²) in [4.78, 5) is 16.7. The summed E-state index contributed by atoms with van der Waals surface area (Å²) in [6.07, 6.45) is 2.23. The van der Waals surface area contributed by atoms with Crippen LogP contribution in [0.25, 0.3) is 11.3 Å². The molecule has 9 nitrogen and oxygen atoms in total. The van der Waals surface area contributed by atoms with E-state index in [0.717, 1.165) is 0 Å². The Morgan fingerprint density at radius 2 is 2.09 bits per heavy atom. The lowest BCUT2D eigenvalue weighted by atomic mass is 10.1. The molecule has 1 unspecified atom stereocenters. The highest BCUT2D eigenvalue weighted by Gasteiger charge is 2.49. The summed E-state index contributed by atoms with van der Waals surface area (Å²) < 4.78 is 68.9. The van der Waals surface area contributed by atoms with Gasteiger partial charge in [0.2, 0.25) is 5.95 Å². The summed E-state index contributed by atoms with van der Waals surface area (Å²) >= 11 is 0. The van der Waals surface area contributed by atoms with Crippen LogP contribution in [-0.4, -0.2) is 72.3 Å². The molecule has 3 fully saturated rings. The van der Waals surface area contributed by atoms with Crippen LogP contribution in [-0.2, 0) is 9.84 Å². The van der Waals surface area contributed by atoms with E-state index in [2.05, 4.69) is 19.7 Å². The summed E-state index contributed by atoms with van der Waals surface area (Å²) in [5, 5.41) is -0.450. The lowest BCUT2D eigenvalue weighted by Crippen LogP contribution is -2.41. The molecule has 0 saturated carbocycles. The first-order valence-electron chi connectivity index (χ1n) is 10.5. The highest BCUT2D eigenvalue weighted by molar-refractivity contribution is 7.92. The van der Waals surface area contributed by atoms with Crippen LogP contribution >= 0.6 is 0 Å². The molecule has 3 saturated heterocycles. The molecular formula is C20H23F3N6O3S. The predicted molar refractivity (Wildman–Crippen MR) is 116 cm³/mol. The Kier molecular flexibility index (Phi) is 5.07. The number of nitrogens with two attached hydrogens (primary N) is 1. The molecule has 0 aliphatic carbocycles. The third kappa shape index (κ3) is 4.13. The fourth-order valence-corrected chi connectivity index (χ4v) is 6.74. The van der Waals surface area contributed by atoms with Gasteiger partial charge in [0.05, 0.1) is 23.2 Å². The minimum absolute atomic E-state index is 0.0500. The van der Waals surface area contributed by atoms with Gasteiger partial charge >= 0.3 is 6.61 Å². The van der Waals surface area contributed by atoms with Gasteiger partial charge in [0.25, 0.3) is 0 Å². The molecule has 3 aliphatic rings. The Bertz CT molecular complexity index is 1200. The first-order chi connectivity index (χ1) is 15.5. The predicted octanol–water partition coefficient (Wildman–Crippen LogP) is 2.04. The van der Waals surface area contributed by atoms with Crippen molar-refractivity contribution in [1.82, 2.24) is 15.0 Å². The molecule has 0 aromatic carbocycles. The second-order valence-corrected chi connectivity index (χ2v) is 11.3. The summed E-state index contributed by atoms with van der Waals surface area (Å²) in [6, 6.07) is 2.76. The molecule has 2 aromatic rings. The first kappa shape index (κ1) is 22.0. The second kappa shape index (κ2) is 7.61. The SMILES string of the molecule is CC1(F)CCN(c2nc(-c3cnc(N)c(OC(F)F)c3)cc(N3C[C@@H]4C[C@H]3CS4(=O)=O)n2)C1. The van der Waals surface area contributed by atoms with Crippen molar-refractivity contribution < 1.29 is 26.3 Å². The van der Waals surface area contributed by atoms with Crippen molar-refractivity contribution >= 4 is 27.4 Å². The molecule has 3 aliphatic heterocycles. The number of halogens is 3. The number of hydrogen-bond donors (Lipinski definition) is 1. The molecule has 33 heavy (non-hydrogen) atoms. The number of alkyl halides is 3. The minimum Gasteiger partial charge on any atom is -0.431 e. The summed E-state index contributed by atoms with van der Waals surface area (Å²) in [7, 11) is -3.11. The second-order valence-electron chi connectivity index (χ2n) is 8.98. The number of rotatable bonds is 5. The van der Waals surface area contributed by atoms with Crippen molar-refractivity contribution in [2.24, 2.45) is 0 Å². The summed E-state index contributed by atoms with van der Waals surface area (Å²) in [5.74, 6) is 0.353. The van der Waals surface area contributed by atoms with E-state index in [4.69, 9.17) is 5.73 Å². The molecule has 0 spiro atoms. The minimum atomic E-state index is -3.11. The Labute approximate surface area is 188 Å². The van der Waals surface area contributed by atoms with Gasteiger partial charge in [-0.25, -0.2) is 22.8 Å². The molecule has 2 aromatic heterocycles. The Hall–Kier alpha value is -2.83. The van der Waals surface area contributed by atoms with Crippen molar-refractivity contribution in [2.75, 3.05) is 40.9 Å². The van der Waals surface area contributed by atoms with Gasteiger partial charge in [-0.3, -0.25) is 0 Å². The van der Waals surface area contributed by atoms with Crippen LogP contribution in [0.2, 0.25) is 0 Å². The number of ether oxygens (including phenoxy) is 1. The van der Waals surface area contributed by atoms with Gasteiger partial charge < -0.3 is 20.3 Å². The van der Waals surface area contributed by atoms with Gasteiger partial charge in [-0.05, 0) is 19.4 Å². The molecule has 3 atom stereocenters. The number of nitrogen functional groups attached to an aromatic ring is 1. The molecule has 2 N–H and O–H groups in total. The van der Waals surface area contributed by atoms with Gasteiger partial charge in [-0.1, -0.05) is 0 Å². The van der Waals surface area contributed by atoms with E-state index in [1.807, 2.05) is 4.90 Å². The highest BCUT2D eigenvalue weighted by atomic mass is 32.2. The molecule has 178 valence electrons. The molecule has 0 radical (unpaired) electrons. The molecule has 0 amide bonds. The van der Waals surface area contributed by atoms with Crippen molar-refractivity contribution in [3.8, 4) is 17.0 Å². The van der Waals surface area contributed by atoms with Gasteiger partial charge in [-0.2, -0.15) is 13.8 Å². The number of pyridine rings is 1. The maximum atomic E-state index is 14.5. The van der Waals surface area contributed by atoms with E-state index in [9.17, 15) is 21.6 Å². The summed E-state index contributed by atoms with van der Waals surface area (Å²) in [6.45, 7) is -0.732. The number of sulfone groups is 1. The van der Waals surface area contributed by atoms with Crippen molar-refractivity contribution in [3.05, 3.63) is 18.3 Å². The van der Waals surface area contributed by atoms with E-state index in [1.54, 1.807) is 11.0 Å². The lowest BCUT2D eigenvalue weighted by Gasteiger charge is -2.29. The maximum absolute atomic E-state index is 14.5. The first-order valence-corrected chi connectivity index (χ1v) is 12.2. The topological polar surface area (TPSA) is 115 Å². The number of fused-ring (bicyclic) bond motifs is 2. The number of anilines is 3. The van der Waals surface area contributed by atoms with E-state index in [0.29, 0.717) is 43.0 Å². The van der Waals surface area contributed by atoms with Gasteiger partial charge in [0.1, 0.15) is 11.5 Å². The Balaban J connectivity index is 1.56. The zero-order valence-electron chi connectivity index (χ0n) is 17.8. The Morgan fingerprint density at radius 1 is 1.30 bits per heavy atom. The third-order valence-electron chi connectivity index (χ3n) is 6.40. The monoisotopic (exact) mass is 484 g/mol.